The van der Waals surface area contributed by atoms with Crippen molar-refractivity contribution < 1.29 is 24.2 Å². The Balaban J connectivity index is 1.69. The maximum absolute atomic E-state index is 13.5. The second kappa shape index (κ2) is 10.3. The van der Waals surface area contributed by atoms with E-state index in [1.807, 2.05) is 75.4 Å². The van der Waals surface area contributed by atoms with Crippen molar-refractivity contribution in [3.8, 4) is 11.5 Å². The first kappa shape index (κ1) is 25.5. The molecule has 8 heteroatoms. The van der Waals surface area contributed by atoms with Gasteiger partial charge in [-0.15, -0.1) is 0 Å². The van der Waals surface area contributed by atoms with E-state index in [4.69, 9.17) is 9.47 Å². The van der Waals surface area contributed by atoms with Crippen LogP contribution < -0.4 is 14.4 Å². The molecule has 1 fully saturated rings. The molecule has 1 aromatic heterocycles. The fourth-order valence-electron chi connectivity index (χ4n) is 4.57. The summed E-state index contributed by atoms with van der Waals surface area (Å²) in [6.07, 6.45) is 0.875. The number of benzene rings is 3. The molecule has 1 saturated heterocycles. The third-order valence-electron chi connectivity index (χ3n) is 6.55. The van der Waals surface area contributed by atoms with Gasteiger partial charge < -0.3 is 14.6 Å². The maximum atomic E-state index is 13.5. The SMILES string of the molecule is CCCOc1ccc(C2/C(=C(\O)c3cc(C)ccc3C)C(=O)C(=O)N2c2nc3ccc(OC)cc3s2)cc1. The number of ketones is 1. The first-order valence-electron chi connectivity index (χ1n) is 12.4. The normalized spacial score (nSPS) is 16.8. The van der Waals surface area contributed by atoms with E-state index < -0.39 is 17.7 Å². The lowest BCUT2D eigenvalue weighted by Gasteiger charge is -2.23. The number of Topliss-reactive ketones (excluding diaryl/α,β-unsaturated/α-hetero) is 1. The molecule has 1 aliphatic rings. The minimum atomic E-state index is -0.863. The minimum absolute atomic E-state index is 0.0303. The van der Waals surface area contributed by atoms with Gasteiger partial charge >= 0.3 is 5.91 Å². The van der Waals surface area contributed by atoms with Crippen LogP contribution in [0.2, 0.25) is 0 Å². The Morgan fingerprint density at radius 1 is 1.03 bits per heavy atom. The van der Waals surface area contributed by atoms with Crippen molar-refractivity contribution >= 4 is 44.1 Å². The first-order chi connectivity index (χ1) is 18.3. The number of aliphatic hydroxyl groups is 1. The van der Waals surface area contributed by atoms with Gasteiger partial charge in [0.05, 0.1) is 35.5 Å². The van der Waals surface area contributed by atoms with Crippen molar-refractivity contribution in [3.63, 3.8) is 0 Å². The predicted octanol–water partition coefficient (Wildman–Crippen LogP) is 6.34. The summed E-state index contributed by atoms with van der Waals surface area (Å²) >= 11 is 1.29. The van der Waals surface area contributed by atoms with Gasteiger partial charge in [-0.1, -0.05) is 48.1 Å². The van der Waals surface area contributed by atoms with Crippen molar-refractivity contribution in [3.05, 3.63) is 88.5 Å². The Hall–Kier alpha value is -4.17. The first-order valence-corrected chi connectivity index (χ1v) is 13.2. The van der Waals surface area contributed by atoms with E-state index in [9.17, 15) is 14.7 Å². The summed E-state index contributed by atoms with van der Waals surface area (Å²) in [7, 11) is 1.59. The second-order valence-corrected chi connectivity index (χ2v) is 10.2. The van der Waals surface area contributed by atoms with Crippen LogP contribution in [0.25, 0.3) is 16.0 Å². The largest absolute Gasteiger partial charge is 0.507 e. The lowest BCUT2D eigenvalue weighted by molar-refractivity contribution is -0.132. The van der Waals surface area contributed by atoms with Crippen molar-refractivity contribution in [2.75, 3.05) is 18.6 Å². The van der Waals surface area contributed by atoms with Crippen molar-refractivity contribution in [1.29, 1.82) is 0 Å². The Labute approximate surface area is 225 Å². The molecule has 38 heavy (non-hydrogen) atoms. The molecule has 1 unspecified atom stereocenters. The standard InChI is InChI=1S/C30H28N2O5S/c1-5-14-37-20-10-8-19(9-11-20)26-25(27(33)22-15-17(2)6-7-18(22)3)28(34)29(35)32(26)30-31-23-13-12-21(36-4)16-24(23)38-30/h6-13,15-16,26,33H,5,14H2,1-4H3/b27-25+. The number of carbonyl (C=O) groups excluding carboxylic acids is 2. The van der Waals surface area contributed by atoms with Gasteiger partial charge in [-0.05, 0) is 67.8 Å². The van der Waals surface area contributed by atoms with Crippen LogP contribution in [0.15, 0.2) is 66.2 Å². The lowest BCUT2D eigenvalue weighted by Crippen LogP contribution is -2.29. The number of methoxy groups -OCH3 is 1. The monoisotopic (exact) mass is 528 g/mol. The molecule has 0 radical (unpaired) electrons. The van der Waals surface area contributed by atoms with E-state index in [1.54, 1.807) is 13.2 Å². The number of hydrogen-bond acceptors (Lipinski definition) is 7. The van der Waals surface area contributed by atoms with E-state index in [2.05, 4.69) is 4.98 Å². The third-order valence-corrected chi connectivity index (χ3v) is 7.57. The fourth-order valence-corrected chi connectivity index (χ4v) is 5.59. The summed E-state index contributed by atoms with van der Waals surface area (Å²) in [5.41, 5.74) is 3.63. The van der Waals surface area contributed by atoms with Crippen LogP contribution in [0, 0.1) is 13.8 Å². The van der Waals surface area contributed by atoms with Crippen LogP contribution >= 0.6 is 11.3 Å². The number of anilines is 1. The van der Waals surface area contributed by atoms with E-state index in [-0.39, 0.29) is 11.3 Å². The van der Waals surface area contributed by atoms with Crippen LogP contribution in [0.3, 0.4) is 0 Å². The third kappa shape index (κ3) is 4.52. The molecule has 0 saturated carbocycles. The molecule has 2 heterocycles. The zero-order chi connectivity index (χ0) is 27.0. The average Bonchev–Trinajstić information content (AvgIpc) is 3.46. The minimum Gasteiger partial charge on any atom is -0.507 e. The molecule has 1 N–H and O–H groups in total. The smallest absolute Gasteiger partial charge is 0.301 e. The Morgan fingerprint density at radius 3 is 2.47 bits per heavy atom. The number of rotatable bonds is 7. The van der Waals surface area contributed by atoms with Gasteiger partial charge in [0.15, 0.2) is 5.13 Å². The number of ether oxygens (including phenoxy) is 2. The highest BCUT2D eigenvalue weighted by Crippen LogP contribution is 2.45. The molecule has 4 aromatic rings. The maximum Gasteiger partial charge on any atom is 0.301 e. The van der Waals surface area contributed by atoms with Crippen molar-refractivity contribution in [2.24, 2.45) is 0 Å². The molecule has 0 bridgehead atoms. The molecule has 0 spiro atoms. The summed E-state index contributed by atoms with van der Waals surface area (Å²) in [5.74, 6) is -0.333. The number of fused-ring (bicyclic) bond motifs is 1. The Morgan fingerprint density at radius 2 is 1.76 bits per heavy atom. The summed E-state index contributed by atoms with van der Waals surface area (Å²) < 4.78 is 11.9. The van der Waals surface area contributed by atoms with Gasteiger partial charge in [0.2, 0.25) is 0 Å². The number of aromatic nitrogens is 1. The molecular formula is C30H28N2O5S. The molecule has 1 atom stereocenters. The molecule has 1 aliphatic heterocycles. The summed E-state index contributed by atoms with van der Waals surface area (Å²) in [6.45, 7) is 6.39. The Bertz CT molecular complexity index is 1570. The summed E-state index contributed by atoms with van der Waals surface area (Å²) in [5, 5.41) is 11.9. The van der Waals surface area contributed by atoms with Crippen LogP contribution in [-0.2, 0) is 9.59 Å². The molecular weight excluding hydrogens is 500 g/mol. The van der Waals surface area contributed by atoms with Gasteiger partial charge in [0.1, 0.15) is 17.3 Å². The van der Waals surface area contributed by atoms with E-state index in [0.29, 0.717) is 39.9 Å². The zero-order valence-corrected chi connectivity index (χ0v) is 22.5. The van der Waals surface area contributed by atoms with Gasteiger partial charge in [0.25, 0.3) is 5.78 Å². The highest BCUT2D eigenvalue weighted by molar-refractivity contribution is 7.22. The summed E-state index contributed by atoms with van der Waals surface area (Å²) in [6, 6.07) is 17.5. The highest BCUT2D eigenvalue weighted by atomic mass is 32.1. The number of thiazole rings is 1. The number of nitrogens with zero attached hydrogens (tertiary/aromatic N) is 2. The summed E-state index contributed by atoms with van der Waals surface area (Å²) in [4.78, 5) is 33.1. The zero-order valence-electron chi connectivity index (χ0n) is 21.6. The number of hydrogen-bond donors (Lipinski definition) is 1. The van der Waals surface area contributed by atoms with Gasteiger partial charge in [-0.3, -0.25) is 14.5 Å². The van der Waals surface area contributed by atoms with Gasteiger partial charge in [0, 0.05) is 5.56 Å². The quantitative estimate of drug-likeness (QED) is 0.171. The number of amides is 1. The van der Waals surface area contributed by atoms with Gasteiger partial charge in [-0.25, -0.2) is 4.98 Å². The molecule has 3 aromatic carbocycles. The van der Waals surface area contributed by atoms with E-state index >= 15 is 0 Å². The van der Waals surface area contributed by atoms with E-state index in [0.717, 1.165) is 22.2 Å². The van der Waals surface area contributed by atoms with Crippen LogP contribution in [0.5, 0.6) is 11.5 Å². The molecule has 5 rings (SSSR count). The Kier molecular flexibility index (Phi) is 6.91. The lowest BCUT2D eigenvalue weighted by atomic mass is 9.93. The van der Waals surface area contributed by atoms with Crippen LogP contribution in [0.4, 0.5) is 5.13 Å². The molecule has 7 nitrogen and oxygen atoms in total. The van der Waals surface area contributed by atoms with Crippen molar-refractivity contribution in [2.45, 2.75) is 33.2 Å². The molecule has 194 valence electrons. The average molecular weight is 529 g/mol. The topological polar surface area (TPSA) is 89.0 Å². The van der Waals surface area contributed by atoms with E-state index in [1.165, 1.54) is 16.2 Å². The van der Waals surface area contributed by atoms with Gasteiger partial charge in [-0.2, -0.15) is 0 Å². The fraction of sp³-hybridized carbons (Fsp3) is 0.233. The molecule has 0 aliphatic carbocycles. The van der Waals surface area contributed by atoms with Crippen LogP contribution in [0.1, 0.15) is 41.6 Å². The predicted molar refractivity (Wildman–Crippen MR) is 149 cm³/mol. The number of carbonyl (C=O) groups is 2. The number of aryl methyl sites for hydroxylation is 2. The number of aliphatic hydroxyl groups excluding tert-OH is 1. The molecule has 1 amide bonds. The second-order valence-electron chi connectivity index (χ2n) is 9.24. The van der Waals surface area contributed by atoms with Crippen LogP contribution in [-0.4, -0.2) is 35.5 Å². The highest BCUT2D eigenvalue weighted by Gasteiger charge is 2.48. The van der Waals surface area contributed by atoms with Crippen molar-refractivity contribution in [1.82, 2.24) is 4.98 Å².